The maximum atomic E-state index is 12.6. The molecule has 1 N–H and O–H groups in total. The zero-order valence-corrected chi connectivity index (χ0v) is 20.4. The van der Waals surface area contributed by atoms with Crippen molar-refractivity contribution in [3.8, 4) is 0 Å². The SMILES string of the molecule is CC(=O)c1ccc(NC(=O)CCN2CCCC(CN(C(=O)OC(C)(C)C)C(C)C)C2)cc1. The fourth-order valence-corrected chi connectivity index (χ4v) is 3.87. The molecule has 1 heterocycles. The van der Waals surface area contributed by atoms with E-state index in [4.69, 9.17) is 4.74 Å². The molecule has 0 aromatic heterocycles. The molecule has 32 heavy (non-hydrogen) atoms. The molecule has 2 amide bonds. The van der Waals surface area contributed by atoms with Gasteiger partial charge in [-0.1, -0.05) is 0 Å². The van der Waals surface area contributed by atoms with Crippen LogP contribution in [0.3, 0.4) is 0 Å². The highest BCUT2D eigenvalue weighted by Gasteiger charge is 2.29. The predicted octanol–water partition coefficient (Wildman–Crippen LogP) is 4.58. The van der Waals surface area contributed by atoms with Gasteiger partial charge in [-0.05, 0) is 91.1 Å². The van der Waals surface area contributed by atoms with Crippen molar-refractivity contribution in [1.82, 2.24) is 9.80 Å². The van der Waals surface area contributed by atoms with Crippen LogP contribution in [0.15, 0.2) is 24.3 Å². The molecule has 0 radical (unpaired) electrons. The van der Waals surface area contributed by atoms with E-state index in [1.807, 2.05) is 39.5 Å². The zero-order valence-electron chi connectivity index (χ0n) is 20.4. The van der Waals surface area contributed by atoms with Crippen LogP contribution in [0.2, 0.25) is 0 Å². The van der Waals surface area contributed by atoms with Gasteiger partial charge in [0.2, 0.25) is 5.91 Å². The number of nitrogens with zero attached hydrogens (tertiary/aromatic N) is 2. The van der Waals surface area contributed by atoms with E-state index in [1.54, 1.807) is 24.3 Å². The van der Waals surface area contributed by atoms with Crippen LogP contribution < -0.4 is 5.32 Å². The molecule has 7 heteroatoms. The largest absolute Gasteiger partial charge is 0.444 e. The predicted molar refractivity (Wildman–Crippen MR) is 127 cm³/mol. The van der Waals surface area contributed by atoms with Gasteiger partial charge in [0.15, 0.2) is 5.78 Å². The van der Waals surface area contributed by atoms with E-state index >= 15 is 0 Å². The van der Waals surface area contributed by atoms with Crippen LogP contribution in [0.1, 0.15) is 71.2 Å². The van der Waals surface area contributed by atoms with Crippen molar-refractivity contribution in [3.63, 3.8) is 0 Å². The third-order valence-electron chi connectivity index (χ3n) is 5.54. The van der Waals surface area contributed by atoms with Crippen molar-refractivity contribution < 1.29 is 19.1 Å². The fraction of sp³-hybridized carbons (Fsp3) is 0.640. The number of carbonyl (C=O) groups excluding carboxylic acids is 3. The fourth-order valence-electron chi connectivity index (χ4n) is 3.87. The molecule has 1 saturated heterocycles. The molecule has 1 aromatic carbocycles. The van der Waals surface area contributed by atoms with Crippen molar-refractivity contribution in [2.24, 2.45) is 5.92 Å². The molecule has 0 saturated carbocycles. The summed E-state index contributed by atoms with van der Waals surface area (Å²) in [7, 11) is 0. The standard InChI is InChI=1S/C25H39N3O4/c1-18(2)28(24(31)32-25(4,5)6)17-20-8-7-14-27(16-20)15-13-23(30)26-22-11-9-21(10-12-22)19(3)29/h9-12,18,20H,7-8,13-17H2,1-6H3,(H,26,30). The average Bonchev–Trinajstić information content (AvgIpc) is 2.69. The van der Waals surface area contributed by atoms with Gasteiger partial charge < -0.3 is 19.9 Å². The van der Waals surface area contributed by atoms with Gasteiger partial charge >= 0.3 is 6.09 Å². The van der Waals surface area contributed by atoms with Crippen LogP contribution in [0, 0.1) is 5.92 Å². The van der Waals surface area contributed by atoms with E-state index in [1.165, 1.54) is 6.92 Å². The van der Waals surface area contributed by atoms with Crippen molar-refractivity contribution in [2.75, 3.05) is 31.5 Å². The number of rotatable bonds is 8. The molecule has 1 aliphatic rings. The second kappa shape index (κ2) is 11.5. The van der Waals surface area contributed by atoms with Gasteiger partial charge in [-0.25, -0.2) is 4.79 Å². The minimum Gasteiger partial charge on any atom is -0.444 e. The summed E-state index contributed by atoms with van der Waals surface area (Å²) in [6, 6.07) is 7.02. The molecule has 1 fully saturated rings. The molecule has 0 aliphatic carbocycles. The summed E-state index contributed by atoms with van der Waals surface area (Å²) in [5.41, 5.74) is 0.813. The molecular weight excluding hydrogens is 406 g/mol. The van der Waals surface area contributed by atoms with Gasteiger partial charge in [-0.15, -0.1) is 0 Å². The second-order valence-corrected chi connectivity index (χ2v) is 9.97. The lowest BCUT2D eigenvalue weighted by atomic mass is 9.97. The van der Waals surface area contributed by atoms with Crippen LogP contribution in [0.5, 0.6) is 0 Å². The van der Waals surface area contributed by atoms with E-state index in [9.17, 15) is 14.4 Å². The van der Waals surface area contributed by atoms with Crippen molar-refractivity contribution in [1.29, 1.82) is 0 Å². The monoisotopic (exact) mass is 445 g/mol. The molecule has 1 atom stereocenters. The Morgan fingerprint density at radius 3 is 2.41 bits per heavy atom. The minimum atomic E-state index is -0.511. The Kier molecular flexibility index (Phi) is 9.25. The summed E-state index contributed by atoms with van der Waals surface area (Å²) in [6.07, 6.45) is 2.26. The summed E-state index contributed by atoms with van der Waals surface area (Å²) in [6.45, 7) is 14.4. The first kappa shape index (κ1) is 25.8. The highest BCUT2D eigenvalue weighted by atomic mass is 16.6. The first-order valence-corrected chi connectivity index (χ1v) is 11.6. The Balaban J connectivity index is 1.83. The summed E-state index contributed by atoms with van der Waals surface area (Å²) in [5, 5.41) is 2.90. The number of amides is 2. The van der Waals surface area contributed by atoms with Crippen molar-refractivity contribution in [2.45, 2.75) is 72.4 Å². The maximum Gasteiger partial charge on any atom is 0.410 e. The number of Topliss-reactive ketones (excluding diaryl/α,β-unsaturated/α-hetero) is 1. The van der Waals surface area contributed by atoms with E-state index in [0.29, 0.717) is 36.7 Å². The van der Waals surface area contributed by atoms with Crippen LogP contribution in [0.4, 0.5) is 10.5 Å². The molecule has 0 bridgehead atoms. The van der Waals surface area contributed by atoms with Crippen molar-refractivity contribution >= 4 is 23.5 Å². The second-order valence-electron chi connectivity index (χ2n) is 9.97. The van der Waals surface area contributed by atoms with Gasteiger partial charge in [-0.2, -0.15) is 0 Å². The van der Waals surface area contributed by atoms with E-state index in [-0.39, 0.29) is 23.8 Å². The number of nitrogens with one attached hydrogen (secondary N) is 1. The van der Waals surface area contributed by atoms with Gasteiger partial charge in [0, 0.05) is 43.3 Å². The Morgan fingerprint density at radius 2 is 1.84 bits per heavy atom. The average molecular weight is 446 g/mol. The van der Waals surface area contributed by atoms with Crippen LogP contribution >= 0.6 is 0 Å². The molecule has 178 valence electrons. The molecule has 1 aliphatic heterocycles. The van der Waals surface area contributed by atoms with Gasteiger partial charge in [0.05, 0.1) is 0 Å². The number of carbonyl (C=O) groups is 3. The third-order valence-corrected chi connectivity index (χ3v) is 5.54. The molecule has 2 rings (SSSR count). The number of benzene rings is 1. The lowest BCUT2D eigenvalue weighted by Crippen LogP contribution is -2.47. The third kappa shape index (κ3) is 8.61. The molecule has 1 aromatic rings. The van der Waals surface area contributed by atoms with E-state index < -0.39 is 5.60 Å². The topological polar surface area (TPSA) is 79.0 Å². The van der Waals surface area contributed by atoms with Crippen molar-refractivity contribution in [3.05, 3.63) is 29.8 Å². The summed E-state index contributed by atoms with van der Waals surface area (Å²) >= 11 is 0. The number of anilines is 1. The lowest BCUT2D eigenvalue weighted by molar-refractivity contribution is -0.116. The maximum absolute atomic E-state index is 12.6. The number of ketones is 1. The Morgan fingerprint density at radius 1 is 1.19 bits per heavy atom. The normalized spacial score (nSPS) is 17.2. The Labute approximate surface area is 192 Å². The lowest BCUT2D eigenvalue weighted by Gasteiger charge is -2.37. The number of hydrogen-bond acceptors (Lipinski definition) is 5. The Hall–Kier alpha value is -2.41. The first-order chi connectivity index (χ1) is 14.9. The highest BCUT2D eigenvalue weighted by molar-refractivity contribution is 5.95. The van der Waals surface area contributed by atoms with Crippen LogP contribution in [0.25, 0.3) is 0 Å². The summed E-state index contributed by atoms with van der Waals surface area (Å²) < 4.78 is 5.59. The number of piperidine rings is 1. The molecule has 7 nitrogen and oxygen atoms in total. The zero-order chi connectivity index (χ0) is 23.9. The first-order valence-electron chi connectivity index (χ1n) is 11.6. The van der Waals surface area contributed by atoms with Gasteiger partial charge in [0.1, 0.15) is 5.60 Å². The molecular formula is C25H39N3O4. The van der Waals surface area contributed by atoms with E-state index in [0.717, 1.165) is 25.9 Å². The van der Waals surface area contributed by atoms with Crippen LogP contribution in [-0.2, 0) is 9.53 Å². The van der Waals surface area contributed by atoms with Crippen LogP contribution in [-0.4, -0.2) is 65.4 Å². The molecule has 0 spiro atoms. The summed E-state index contributed by atoms with van der Waals surface area (Å²) in [5.74, 6) is 0.325. The van der Waals surface area contributed by atoms with E-state index in [2.05, 4.69) is 10.2 Å². The minimum absolute atomic E-state index is 0.00484. The smallest absolute Gasteiger partial charge is 0.410 e. The number of ether oxygens (including phenoxy) is 1. The quantitative estimate of drug-likeness (QED) is 0.593. The van der Waals surface area contributed by atoms with Gasteiger partial charge in [0.25, 0.3) is 0 Å². The number of likely N-dealkylation sites (tertiary alicyclic amines) is 1. The molecule has 1 unspecified atom stereocenters. The number of hydrogen-bond donors (Lipinski definition) is 1. The highest BCUT2D eigenvalue weighted by Crippen LogP contribution is 2.21. The summed E-state index contributed by atoms with van der Waals surface area (Å²) in [4.78, 5) is 40.5. The van der Waals surface area contributed by atoms with Gasteiger partial charge in [-0.3, -0.25) is 9.59 Å². The Bertz CT molecular complexity index is 783.